The molecular weight excluding hydrogens is 408 g/mol. The molecule has 8 unspecified atom stereocenters. The van der Waals surface area contributed by atoms with E-state index in [1.54, 1.807) is 6.08 Å². The van der Waals surface area contributed by atoms with E-state index in [1.165, 1.54) is 0 Å². The van der Waals surface area contributed by atoms with Gasteiger partial charge in [-0.15, -0.1) is 0 Å². The van der Waals surface area contributed by atoms with Crippen LogP contribution in [0.3, 0.4) is 0 Å². The van der Waals surface area contributed by atoms with Crippen LogP contribution >= 0.6 is 0 Å². The van der Waals surface area contributed by atoms with Crippen molar-refractivity contribution >= 4 is 12.2 Å². The molecule has 0 radical (unpaired) electrons. The summed E-state index contributed by atoms with van der Waals surface area (Å²) in [4.78, 5) is 16.1. The molecule has 0 aromatic heterocycles. The molecule has 0 saturated heterocycles. The number of nitrogens with zero attached hydrogens (tertiary/aromatic N) is 2. The normalized spacial score (nSPS) is 50.2. The predicted octanol–water partition coefficient (Wildman–Crippen LogP) is 2.29. The Labute approximate surface area is 189 Å². The van der Waals surface area contributed by atoms with Crippen LogP contribution in [0.5, 0.6) is 0 Å². The number of aliphatic hydroxyl groups is 3. The van der Waals surface area contributed by atoms with Crippen LogP contribution in [0.25, 0.3) is 0 Å². The van der Waals surface area contributed by atoms with Gasteiger partial charge in [0.2, 0.25) is 0 Å². The number of cyclic esters (lactones) is 1. The summed E-state index contributed by atoms with van der Waals surface area (Å²) >= 11 is 0. The van der Waals surface area contributed by atoms with Gasteiger partial charge in [0.05, 0.1) is 23.4 Å². The number of aliphatic hydroxyl groups excluding tert-OH is 1. The van der Waals surface area contributed by atoms with Gasteiger partial charge in [-0.25, -0.2) is 4.79 Å². The Bertz CT molecular complexity index is 910. The number of carbonyl (C=O) groups is 1. The van der Waals surface area contributed by atoms with Crippen LogP contribution in [-0.4, -0.2) is 58.0 Å². The Morgan fingerprint density at radius 1 is 1.19 bits per heavy atom. The topological polar surface area (TPSA) is 123 Å². The summed E-state index contributed by atoms with van der Waals surface area (Å²) in [6.07, 6.45) is 8.80. The number of rotatable bonds is 3. The van der Waals surface area contributed by atoms with Crippen molar-refractivity contribution in [1.82, 2.24) is 0 Å². The first-order chi connectivity index (χ1) is 15.2. The van der Waals surface area contributed by atoms with E-state index < -0.39 is 22.7 Å². The molecule has 4 aliphatic carbocycles. The van der Waals surface area contributed by atoms with Gasteiger partial charge in [0.15, 0.2) is 0 Å². The summed E-state index contributed by atoms with van der Waals surface area (Å²) in [5.74, 6) is -0.113. The molecule has 0 amide bonds. The Morgan fingerprint density at radius 2 is 1.97 bits per heavy atom. The van der Waals surface area contributed by atoms with Crippen LogP contribution in [0.4, 0.5) is 0 Å². The molecule has 4 saturated carbocycles. The van der Waals surface area contributed by atoms with E-state index in [4.69, 9.17) is 10.00 Å². The summed E-state index contributed by atoms with van der Waals surface area (Å²) < 4.78 is 5.19. The SMILES string of the molecule is CC12CCC3C(CCC4(O)CC(O)CCC34C=NCC#N)C1(O)CCC2C1=CC(=O)OC1. The van der Waals surface area contributed by atoms with Gasteiger partial charge in [-0.05, 0) is 74.7 Å². The van der Waals surface area contributed by atoms with E-state index in [2.05, 4.69) is 18.0 Å². The van der Waals surface area contributed by atoms with Crippen molar-refractivity contribution < 1.29 is 24.9 Å². The minimum atomic E-state index is -1.07. The molecule has 0 spiro atoms. The summed E-state index contributed by atoms with van der Waals surface area (Å²) in [6.45, 7) is 2.54. The molecule has 7 nitrogen and oxygen atoms in total. The standard InChI is InChI=1S/C25H34N2O5/c1-22-6-3-19-20(25(22,31)9-5-18(22)16-12-21(29)32-14-16)4-8-24(30)13-17(28)2-7-23(19,24)15-27-11-10-26/h12,15,17-20,28,30-31H,2-9,11,13-14H2,1H3. The number of hydrogen-bond donors (Lipinski definition) is 3. The number of fused-ring (bicyclic) bond motifs is 5. The average molecular weight is 443 g/mol. The van der Waals surface area contributed by atoms with E-state index in [9.17, 15) is 20.1 Å². The lowest BCUT2D eigenvalue weighted by Crippen LogP contribution is -2.68. The Kier molecular flexibility index (Phi) is 5.09. The largest absolute Gasteiger partial charge is 0.458 e. The van der Waals surface area contributed by atoms with Crippen molar-refractivity contribution in [2.75, 3.05) is 13.2 Å². The number of carbonyl (C=O) groups excluding carboxylic acids is 1. The van der Waals surface area contributed by atoms with Gasteiger partial charge in [0.25, 0.3) is 0 Å². The lowest BCUT2D eigenvalue weighted by atomic mass is 9.41. The zero-order valence-electron chi connectivity index (χ0n) is 18.8. The maximum absolute atomic E-state index is 12.3. The number of aliphatic imine (C=N–C) groups is 1. The maximum Gasteiger partial charge on any atom is 0.331 e. The fourth-order valence-electron chi connectivity index (χ4n) is 8.61. The monoisotopic (exact) mass is 442 g/mol. The first-order valence-corrected chi connectivity index (χ1v) is 12.1. The summed E-state index contributed by atoms with van der Waals surface area (Å²) in [5, 5.41) is 43.5. The van der Waals surface area contributed by atoms with Crippen molar-refractivity contribution in [3.8, 4) is 6.07 Å². The predicted molar refractivity (Wildman–Crippen MR) is 116 cm³/mol. The van der Waals surface area contributed by atoms with Gasteiger partial charge in [0.1, 0.15) is 13.2 Å². The van der Waals surface area contributed by atoms with Crippen molar-refractivity contribution in [1.29, 1.82) is 5.26 Å². The smallest absolute Gasteiger partial charge is 0.331 e. The second kappa shape index (κ2) is 7.38. The summed E-state index contributed by atoms with van der Waals surface area (Å²) in [7, 11) is 0. The molecule has 5 aliphatic rings. The van der Waals surface area contributed by atoms with Crippen LogP contribution in [0, 0.1) is 39.9 Å². The fraction of sp³-hybridized carbons (Fsp3) is 0.800. The number of esters is 1. The highest BCUT2D eigenvalue weighted by atomic mass is 16.5. The van der Waals surface area contributed by atoms with Crippen molar-refractivity contribution in [2.45, 2.75) is 82.0 Å². The molecule has 8 atom stereocenters. The number of ether oxygens (including phenoxy) is 1. The Hall–Kier alpha value is -1.75. The van der Waals surface area contributed by atoms with Gasteiger partial charge in [0, 0.05) is 29.5 Å². The third-order valence-electron chi connectivity index (χ3n) is 10.1. The second-order valence-corrected chi connectivity index (χ2v) is 11.1. The van der Waals surface area contributed by atoms with E-state index in [0.717, 1.165) is 24.8 Å². The van der Waals surface area contributed by atoms with E-state index in [0.29, 0.717) is 45.1 Å². The molecule has 1 aliphatic heterocycles. The van der Waals surface area contributed by atoms with Gasteiger partial charge in [-0.3, -0.25) is 4.99 Å². The highest BCUT2D eigenvalue weighted by Gasteiger charge is 2.71. The highest BCUT2D eigenvalue weighted by Crippen LogP contribution is 2.70. The zero-order chi connectivity index (χ0) is 22.8. The molecule has 32 heavy (non-hydrogen) atoms. The van der Waals surface area contributed by atoms with E-state index in [1.807, 2.05) is 6.21 Å². The van der Waals surface area contributed by atoms with E-state index in [-0.39, 0.29) is 35.7 Å². The van der Waals surface area contributed by atoms with Crippen molar-refractivity contribution in [2.24, 2.45) is 33.6 Å². The van der Waals surface area contributed by atoms with Gasteiger partial charge >= 0.3 is 5.97 Å². The third kappa shape index (κ3) is 2.82. The van der Waals surface area contributed by atoms with Crippen LogP contribution in [0.15, 0.2) is 16.6 Å². The molecule has 174 valence electrons. The number of nitriles is 1. The van der Waals surface area contributed by atoms with E-state index >= 15 is 0 Å². The maximum atomic E-state index is 12.3. The van der Waals surface area contributed by atoms with Crippen molar-refractivity contribution in [3.63, 3.8) is 0 Å². The van der Waals surface area contributed by atoms with Gasteiger partial charge in [-0.1, -0.05) is 6.92 Å². The van der Waals surface area contributed by atoms with Gasteiger partial charge in [-0.2, -0.15) is 5.26 Å². The molecule has 7 heteroatoms. The second-order valence-electron chi connectivity index (χ2n) is 11.1. The quantitative estimate of drug-likeness (QED) is 0.350. The summed E-state index contributed by atoms with van der Waals surface area (Å²) in [6, 6.07) is 2.06. The molecule has 1 heterocycles. The lowest BCUT2D eigenvalue weighted by Gasteiger charge is -2.65. The third-order valence-corrected chi connectivity index (χ3v) is 10.1. The Morgan fingerprint density at radius 3 is 2.69 bits per heavy atom. The number of hydrogen-bond acceptors (Lipinski definition) is 7. The molecular formula is C25H34N2O5. The molecule has 5 rings (SSSR count). The van der Waals surface area contributed by atoms with Crippen LogP contribution in [0.1, 0.15) is 64.7 Å². The summed E-state index contributed by atoms with van der Waals surface area (Å²) in [5.41, 5.74) is -1.93. The van der Waals surface area contributed by atoms with Crippen LogP contribution in [-0.2, 0) is 9.53 Å². The zero-order valence-corrected chi connectivity index (χ0v) is 18.8. The molecule has 0 aromatic carbocycles. The van der Waals surface area contributed by atoms with Crippen LogP contribution < -0.4 is 0 Å². The van der Waals surface area contributed by atoms with Crippen molar-refractivity contribution in [3.05, 3.63) is 11.6 Å². The minimum Gasteiger partial charge on any atom is -0.458 e. The molecule has 0 bridgehead atoms. The van der Waals surface area contributed by atoms with Gasteiger partial charge < -0.3 is 20.1 Å². The molecule has 0 aromatic rings. The molecule has 3 N–H and O–H groups in total. The first-order valence-electron chi connectivity index (χ1n) is 12.1. The highest BCUT2D eigenvalue weighted by molar-refractivity contribution is 5.85. The molecule has 4 fully saturated rings. The average Bonchev–Trinajstić information content (AvgIpc) is 3.28. The first kappa shape index (κ1) is 22.1. The Balaban J connectivity index is 1.53. The van der Waals surface area contributed by atoms with Crippen LogP contribution in [0.2, 0.25) is 0 Å². The minimum absolute atomic E-state index is 0.00827. The lowest BCUT2D eigenvalue weighted by molar-refractivity contribution is -0.237. The fourth-order valence-corrected chi connectivity index (χ4v) is 8.61.